The van der Waals surface area contributed by atoms with Crippen LogP contribution in [0, 0.1) is 5.82 Å². The number of piperazine rings is 1. The Balaban J connectivity index is 1.71. The van der Waals surface area contributed by atoms with Crippen LogP contribution >= 0.6 is 0 Å². The number of aromatic nitrogens is 1. The second-order valence-electron chi connectivity index (χ2n) is 4.62. The van der Waals surface area contributed by atoms with Crippen molar-refractivity contribution in [2.75, 3.05) is 31.1 Å². The number of benzene rings is 1. The molecule has 0 unspecified atom stereocenters. The topological polar surface area (TPSA) is 37.4 Å². The van der Waals surface area contributed by atoms with Crippen molar-refractivity contribution in [2.24, 2.45) is 0 Å². The van der Waals surface area contributed by atoms with Crippen LogP contribution in [-0.2, 0) is 0 Å². The third-order valence-electron chi connectivity index (χ3n) is 3.23. The van der Waals surface area contributed by atoms with Crippen LogP contribution in [0.2, 0.25) is 0 Å². The predicted molar refractivity (Wildman–Crippen MR) is 75.8 cm³/mol. The van der Waals surface area contributed by atoms with E-state index in [9.17, 15) is 4.39 Å². The van der Waals surface area contributed by atoms with Crippen LogP contribution in [0.5, 0.6) is 11.5 Å². The highest BCUT2D eigenvalue weighted by atomic mass is 19.1. The zero-order chi connectivity index (χ0) is 13.8. The number of nitrogens with one attached hydrogen (secondary N) is 1. The lowest BCUT2D eigenvalue weighted by molar-refractivity contribution is 0.440. The molecule has 2 heterocycles. The van der Waals surface area contributed by atoms with E-state index in [-0.39, 0.29) is 11.6 Å². The van der Waals surface area contributed by atoms with Crippen molar-refractivity contribution in [1.29, 1.82) is 0 Å². The van der Waals surface area contributed by atoms with Gasteiger partial charge in [-0.2, -0.15) is 0 Å². The third kappa shape index (κ3) is 2.88. The summed E-state index contributed by atoms with van der Waals surface area (Å²) < 4.78 is 19.0. The van der Waals surface area contributed by atoms with Gasteiger partial charge in [0.25, 0.3) is 0 Å². The maximum Gasteiger partial charge on any atom is 0.165 e. The molecule has 1 fully saturated rings. The Hall–Kier alpha value is -2.14. The molecule has 1 saturated heterocycles. The van der Waals surface area contributed by atoms with Crippen molar-refractivity contribution in [2.45, 2.75) is 0 Å². The molecule has 20 heavy (non-hydrogen) atoms. The number of ether oxygens (including phenoxy) is 1. The standard InChI is InChI=1S/C15H16FN3O/c16-13-3-1-2-4-14(13)20-12-5-6-15(18-11-12)19-9-7-17-8-10-19/h1-6,11,17H,7-10H2. The molecular weight excluding hydrogens is 257 g/mol. The first-order valence-corrected chi connectivity index (χ1v) is 6.67. The second-order valence-corrected chi connectivity index (χ2v) is 4.62. The minimum absolute atomic E-state index is 0.212. The van der Waals surface area contributed by atoms with Crippen LogP contribution in [0.25, 0.3) is 0 Å². The Morgan fingerprint density at radius 1 is 1.10 bits per heavy atom. The second kappa shape index (κ2) is 5.88. The van der Waals surface area contributed by atoms with Crippen LogP contribution in [0.15, 0.2) is 42.6 Å². The van der Waals surface area contributed by atoms with Crippen LogP contribution < -0.4 is 15.0 Å². The fraction of sp³-hybridized carbons (Fsp3) is 0.267. The number of halogens is 1. The summed E-state index contributed by atoms with van der Waals surface area (Å²) in [7, 11) is 0. The van der Waals surface area contributed by atoms with E-state index in [1.807, 2.05) is 12.1 Å². The third-order valence-corrected chi connectivity index (χ3v) is 3.23. The zero-order valence-electron chi connectivity index (χ0n) is 11.1. The van der Waals surface area contributed by atoms with Crippen molar-refractivity contribution in [3.63, 3.8) is 0 Å². The highest BCUT2D eigenvalue weighted by Gasteiger charge is 2.11. The normalized spacial score (nSPS) is 15.2. The van der Waals surface area contributed by atoms with Gasteiger partial charge in [-0.05, 0) is 24.3 Å². The average Bonchev–Trinajstić information content (AvgIpc) is 2.51. The molecule has 2 aromatic rings. The summed E-state index contributed by atoms with van der Waals surface area (Å²) in [6.07, 6.45) is 1.63. The van der Waals surface area contributed by atoms with Gasteiger partial charge in [0.1, 0.15) is 11.6 Å². The van der Waals surface area contributed by atoms with E-state index >= 15 is 0 Å². The summed E-state index contributed by atoms with van der Waals surface area (Å²) in [6, 6.07) is 10.1. The molecule has 0 saturated carbocycles. The van der Waals surface area contributed by atoms with E-state index in [0.29, 0.717) is 5.75 Å². The minimum Gasteiger partial charge on any atom is -0.453 e. The summed E-state index contributed by atoms with van der Waals surface area (Å²) >= 11 is 0. The number of anilines is 1. The molecule has 104 valence electrons. The number of rotatable bonds is 3. The molecule has 5 heteroatoms. The van der Waals surface area contributed by atoms with Crippen molar-refractivity contribution >= 4 is 5.82 Å². The Labute approximate surface area is 117 Å². The first kappa shape index (κ1) is 12.9. The highest BCUT2D eigenvalue weighted by molar-refractivity contribution is 5.42. The molecule has 0 aliphatic carbocycles. The fourth-order valence-electron chi connectivity index (χ4n) is 2.17. The molecule has 1 aliphatic heterocycles. The van der Waals surface area contributed by atoms with Gasteiger partial charge < -0.3 is 15.0 Å². The lowest BCUT2D eigenvalue weighted by atomic mass is 10.3. The minimum atomic E-state index is -0.376. The van der Waals surface area contributed by atoms with Gasteiger partial charge in [0.15, 0.2) is 11.6 Å². The lowest BCUT2D eigenvalue weighted by Gasteiger charge is -2.28. The summed E-state index contributed by atoms with van der Waals surface area (Å²) in [5, 5.41) is 3.30. The maximum atomic E-state index is 13.5. The molecule has 3 rings (SSSR count). The highest BCUT2D eigenvalue weighted by Crippen LogP contribution is 2.24. The zero-order valence-corrected chi connectivity index (χ0v) is 11.1. The Morgan fingerprint density at radius 2 is 1.90 bits per heavy atom. The number of nitrogens with zero attached hydrogens (tertiary/aromatic N) is 2. The van der Waals surface area contributed by atoms with Gasteiger partial charge >= 0.3 is 0 Å². The van der Waals surface area contributed by atoms with E-state index in [1.165, 1.54) is 6.07 Å². The summed E-state index contributed by atoms with van der Waals surface area (Å²) in [4.78, 5) is 6.59. The van der Waals surface area contributed by atoms with Crippen molar-refractivity contribution in [1.82, 2.24) is 10.3 Å². The van der Waals surface area contributed by atoms with Gasteiger partial charge in [0.05, 0.1) is 6.20 Å². The lowest BCUT2D eigenvalue weighted by Crippen LogP contribution is -2.43. The molecule has 0 amide bonds. The molecular formula is C15H16FN3O. The Kier molecular flexibility index (Phi) is 3.78. The molecule has 4 nitrogen and oxygen atoms in total. The molecule has 0 bridgehead atoms. The predicted octanol–water partition coefficient (Wildman–Crippen LogP) is 2.42. The van der Waals surface area contributed by atoms with Crippen molar-refractivity contribution in [3.8, 4) is 11.5 Å². The van der Waals surface area contributed by atoms with Gasteiger partial charge in [0.2, 0.25) is 0 Å². The quantitative estimate of drug-likeness (QED) is 0.932. The molecule has 1 aromatic heterocycles. The van der Waals surface area contributed by atoms with E-state index in [1.54, 1.807) is 24.4 Å². The van der Waals surface area contributed by atoms with Crippen LogP contribution in [0.3, 0.4) is 0 Å². The van der Waals surface area contributed by atoms with E-state index < -0.39 is 0 Å². The maximum absolute atomic E-state index is 13.5. The Morgan fingerprint density at radius 3 is 2.60 bits per heavy atom. The van der Waals surface area contributed by atoms with Gasteiger partial charge in [0, 0.05) is 26.2 Å². The molecule has 0 atom stereocenters. The molecule has 1 aliphatic rings. The summed E-state index contributed by atoms with van der Waals surface area (Å²) in [6.45, 7) is 3.82. The van der Waals surface area contributed by atoms with E-state index in [0.717, 1.165) is 32.0 Å². The average molecular weight is 273 g/mol. The molecule has 1 aromatic carbocycles. The molecule has 1 N–H and O–H groups in total. The van der Waals surface area contributed by atoms with Gasteiger partial charge in [-0.3, -0.25) is 0 Å². The monoisotopic (exact) mass is 273 g/mol. The number of pyridine rings is 1. The first-order chi connectivity index (χ1) is 9.83. The number of para-hydroxylation sites is 1. The molecule has 0 spiro atoms. The van der Waals surface area contributed by atoms with E-state index in [4.69, 9.17) is 4.74 Å². The van der Waals surface area contributed by atoms with Gasteiger partial charge in [-0.1, -0.05) is 12.1 Å². The fourth-order valence-corrected chi connectivity index (χ4v) is 2.17. The number of hydrogen-bond acceptors (Lipinski definition) is 4. The van der Waals surface area contributed by atoms with Crippen molar-refractivity contribution < 1.29 is 9.13 Å². The van der Waals surface area contributed by atoms with Crippen molar-refractivity contribution in [3.05, 3.63) is 48.4 Å². The largest absolute Gasteiger partial charge is 0.453 e. The molecule has 0 radical (unpaired) electrons. The summed E-state index contributed by atoms with van der Waals surface area (Å²) in [5.41, 5.74) is 0. The SMILES string of the molecule is Fc1ccccc1Oc1ccc(N2CCNCC2)nc1. The Bertz CT molecular complexity index is 568. The smallest absolute Gasteiger partial charge is 0.165 e. The first-order valence-electron chi connectivity index (χ1n) is 6.67. The van der Waals surface area contributed by atoms with Gasteiger partial charge in [-0.25, -0.2) is 9.37 Å². The van der Waals surface area contributed by atoms with Crippen LogP contribution in [0.4, 0.5) is 10.2 Å². The summed E-state index contributed by atoms with van der Waals surface area (Å²) in [5.74, 6) is 1.30. The van der Waals surface area contributed by atoms with Crippen LogP contribution in [-0.4, -0.2) is 31.2 Å². The van der Waals surface area contributed by atoms with Gasteiger partial charge in [-0.15, -0.1) is 0 Å². The van der Waals surface area contributed by atoms with Crippen LogP contribution in [0.1, 0.15) is 0 Å². The number of hydrogen-bond donors (Lipinski definition) is 1. The van der Waals surface area contributed by atoms with E-state index in [2.05, 4.69) is 15.2 Å².